The quantitative estimate of drug-likeness (QED) is 0.440. The molecule has 0 amide bonds. The molecule has 0 aliphatic rings. The van der Waals surface area contributed by atoms with Gasteiger partial charge in [0.15, 0.2) is 0 Å². The Kier molecular flexibility index (Phi) is 3.35. The van der Waals surface area contributed by atoms with Crippen molar-refractivity contribution in [1.29, 1.82) is 0 Å². The van der Waals surface area contributed by atoms with Gasteiger partial charge in [0.25, 0.3) is 0 Å². The van der Waals surface area contributed by atoms with E-state index in [1.54, 1.807) is 0 Å². The van der Waals surface area contributed by atoms with Crippen LogP contribution in [0.3, 0.4) is 0 Å². The number of carboxylic acid groups (broad SMARTS) is 1. The predicted molar refractivity (Wildman–Crippen MR) is 35.2 cm³/mol. The van der Waals surface area contributed by atoms with E-state index in [0.29, 0.717) is 5.75 Å². The molecule has 0 aromatic heterocycles. The summed E-state index contributed by atoms with van der Waals surface area (Å²) >= 11 is 3.78. The van der Waals surface area contributed by atoms with Gasteiger partial charge in [-0.3, -0.25) is 4.79 Å². The predicted octanol–water partition coefficient (Wildman–Crippen LogP) is 0.803. The highest BCUT2D eigenvalue weighted by molar-refractivity contribution is 7.80. The van der Waals surface area contributed by atoms with Crippen LogP contribution in [0.4, 0.5) is 0 Å². The van der Waals surface area contributed by atoms with Gasteiger partial charge in [-0.1, -0.05) is 6.08 Å². The van der Waals surface area contributed by atoms with Crippen LogP contribution in [0.1, 0.15) is 0 Å². The second-order valence-electron chi connectivity index (χ2n) is 1.36. The summed E-state index contributed by atoms with van der Waals surface area (Å²) in [6.45, 7) is 3.32. The molecule has 1 N–H and O–H groups in total. The van der Waals surface area contributed by atoms with Crippen LogP contribution in [0.5, 0.6) is 0 Å². The fourth-order valence-electron chi connectivity index (χ4n) is 0.253. The number of carbonyl (C=O) groups is 1. The van der Waals surface area contributed by atoms with Crippen molar-refractivity contribution in [2.24, 2.45) is 5.92 Å². The zero-order valence-corrected chi connectivity index (χ0v) is 5.27. The molecule has 0 saturated carbocycles. The fourth-order valence-corrected chi connectivity index (χ4v) is 0.559. The van der Waals surface area contributed by atoms with Crippen LogP contribution in [0.25, 0.3) is 0 Å². The molecule has 1 atom stereocenters. The van der Waals surface area contributed by atoms with Crippen molar-refractivity contribution in [2.75, 3.05) is 5.75 Å². The van der Waals surface area contributed by atoms with Gasteiger partial charge in [-0.05, 0) is 0 Å². The van der Waals surface area contributed by atoms with Crippen molar-refractivity contribution in [3.05, 3.63) is 12.7 Å². The largest absolute Gasteiger partial charge is 0.481 e. The minimum atomic E-state index is -0.866. The maximum Gasteiger partial charge on any atom is 0.311 e. The van der Waals surface area contributed by atoms with Crippen LogP contribution in [-0.2, 0) is 4.79 Å². The maximum atomic E-state index is 10.0. The molecule has 0 aliphatic carbocycles. The third kappa shape index (κ3) is 2.02. The second kappa shape index (κ2) is 3.55. The molecular formula is C5H8O2S. The molecule has 46 valence electrons. The van der Waals surface area contributed by atoms with E-state index in [0.717, 1.165) is 0 Å². The lowest BCUT2D eigenvalue weighted by atomic mass is 10.2. The first kappa shape index (κ1) is 7.56. The zero-order chi connectivity index (χ0) is 6.57. The first-order valence-corrected chi connectivity index (χ1v) is 2.81. The number of rotatable bonds is 3. The topological polar surface area (TPSA) is 37.3 Å². The molecule has 0 rings (SSSR count). The molecule has 0 aromatic rings. The Hall–Kier alpha value is -0.440. The molecule has 0 radical (unpaired) electrons. The lowest BCUT2D eigenvalue weighted by Gasteiger charge is -1.98. The second-order valence-corrected chi connectivity index (χ2v) is 1.73. The zero-order valence-electron chi connectivity index (χ0n) is 4.37. The summed E-state index contributed by atoms with van der Waals surface area (Å²) in [5, 5.41) is 8.25. The highest BCUT2D eigenvalue weighted by Crippen LogP contribution is 1.98. The van der Waals surface area contributed by atoms with Crippen LogP contribution >= 0.6 is 12.6 Å². The third-order valence-corrected chi connectivity index (χ3v) is 1.19. The number of carboxylic acids is 1. The molecule has 0 aliphatic heterocycles. The molecule has 0 heterocycles. The maximum absolute atomic E-state index is 10.0. The van der Waals surface area contributed by atoms with E-state index in [2.05, 4.69) is 19.2 Å². The number of hydrogen-bond donors (Lipinski definition) is 2. The Morgan fingerprint density at radius 1 is 2.00 bits per heavy atom. The van der Waals surface area contributed by atoms with Gasteiger partial charge in [-0.25, -0.2) is 0 Å². The van der Waals surface area contributed by atoms with Gasteiger partial charge in [0.1, 0.15) is 0 Å². The summed E-state index contributed by atoms with van der Waals surface area (Å²) in [4.78, 5) is 10.0. The molecule has 0 bridgehead atoms. The van der Waals surface area contributed by atoms with Crippen molar-refractivity contribution in [3.63, 3.8) is 0 Å². The molecule has 8 heavy (non-hydrogen) atoms. The van der Waals surface area contributed by atoms with Crippen molar-refractivity contribution in [3.8, 4) is 0 Å². The van der Waals surface area contributed by atoms with E-state index in [1.807, 2.05) is 0 Å². The molecule has 0 saturated heterocycles. The van der Waals surface area contributed by atoms with Gasteiger partial charge >= 0.3 is 5.97 Å². The van der Waals surface area contributed by atoms with E-state index in [4.69, 9.17) is 5.11 Å². The van der Waals surface area contributed by atoms with Crippen molar-refractivity contribution < 1.29 is 9.90 Å². The van der Waals surface area contributed by atoms with E-state index < -0.39 is 11.9 Å². The van der Waals surface area contributed by atoms with Crippen LogP contribution in [-0.4, -0.2) is 16.8 Å². The summed E-state index contributed by atoms with van der Waals surface area (Å²) in [5.41, 5.74) is 0. The Labute approximate surface area is 53.6 Å². The van der Waals surface area contributed by atoms with Gasteiger partial charge in [0.05, 0.1) is 5.92 Å². The lowest BCUT2D eigenvalue weighted by Crippen LogP contribution is -2.11. The normalized spacial score (nSPS) is 12.6. The van der Waals surface area contributed by atoms with Gasteiger partial charge in [0, 0.05) is 5.75 Å². The van der Waals surface area contributed by atoms with Crippen LogP contribution < -0.4 is 0 Å². The standard InChI is InChI=1S/C5H8O2S/c1-2-4(3-8)5(6)7/h2,4,8H,1,3H2,(H,6,7). The monoisotopic (exact) mass is 132 g/mol. The van der Waals surface area contributed by atoms with Gasteiger partial charge in [-0.15, -0.1) is 6.58 Å². The number of thiol groups is 1. The van der Waals surface area contributed by atoms with Gasteiger partial charge in [0.2, 0.25) is 0 Å². The highest BCUT2D eigenvalue weighted by atomic mass is 32.1. The van der Waals surface area contributed by atoms with Crippen molar-refractivity contribution in [1.82, 2.24) is 0 Å². The fraction of sp³-hybridized carbons (Fsp3) is 0.400. The van der Waals surface area contributed by atoms with E-state index in [1.165, 1.54) is 6.08 Å². The minimum absolute atomic E-state index is 0.318. The van der Waals surface area contributed by atoms with Gasteiger partial charge < -0.3 is 5.11 Å². The molecule has 0 fully saturated rings. The van der Waals surface area contributed by atoms with Crippen molar-refractivity contribution >= 4 is 18.6 Å². The van der Waals surface area contributed by atoms with Gasteiger partial charge in [-0.2, -0.15) is 12.6 Å². The van der Waals surface area contributed by atoms with E-state index in [9.17, 15) is 4.79 Å². The number of aliphatic carboxylic acids is 1. The summed E-state index contributed by atoms with van der Waals surface area (Å²) in [6, 6.07) is 0. The lowest BCUT2D eigenvalue weighted by molar-refractivity contribution is -0.139. The summed E-state index contributed by atoms with van der Waals surface area (Å²) in [7, 11) is 0. The SMILES string of the molecule is C=CC(CS)C(=O)O. The first-order valence-electron chi connectivity index (χ1n) is 2.18. The van der Waals surface area contributed by atoms with Crippen LogP contribution in [0.15, 0.2) is 12.7 Å². The Morgan fingerprint density at radius 2 is 2.50 bits per heavy atom. The molecular weight excluding hydrogens is 124 g/mol. The van der Waals surface area contributed by atoms with Crippen LogP contribution in [0, 0.1) is 5.92 Å². The molecule has 1 unspecified atom stereocenters. The van der Waals surface area contributed by atoms with E-state index in [-0.39, 0.29) is 0 Å². The molecule has 3 heteroatoms. The summed E-state index contributed by atoms with van der Waals surface area (Å²) in [5.74, 6) is -1.05. The average Bonchev–Trinajstić information content (AvgIpc) is 1.69. The minimum Gasteiger partial charge on any atom is -0.481 e. The average molecular weight is 132 g/mol. The smallest absolute Gasteiger partial charge is 0.311 e. The Morgan fingerprint density at radius 3 is 2.50 bits per heavy atom. The van der Waals surface area contributed by atoms with Crippen LogP contribution in [0.2, 0.25) is 0 Å². The third-order valence-electron chi connectivity index (χ3n) is 0.798. The molecule has 2 nitrogen and oxygen atoms in total. The first-order chi connectivity index (χ1) is 3.72. The summed E-state index contributed by atoms with van der Waals surface area (Å²) in [6.07, 6.45) is 1.37. The number of hydrogen-bond acceptors (Lipinski definition) is 2. The highest BCUT2D eigenvalue weighted by Gasteiger charge is 2.08. The Bertz CT molecular complexity index is 101. The molecule has 0 aromatic carbocycles. The van der Waals surface area contributed by atoms with Crippen molar-refractivity contribution in [2.45, 2.75) is 0 Å². The summed E-state index contributed by atoms with van der Waals surface area (Å²) < 4.78 is 0. The molecule has 0 spiro atoms. The Balaban J connectivity index is 3.69. The van der Waals surface area contributed by atoms with E-state index >= 15 is 0 Å².